The lowest BCUT2D eigenvalue weighted by atomic mass is 10.1. The smallest absolute Gasteiger partial charge is 0.252 e. The molecule has 0 atom stereocenters. The molecule has 0 saturated carbocycles. The average Bonchev–Trinajstić information content (AvgIpc) is 2.15. The number of aryl methyl sites for hydroxylation is 1. The fraction of sp³-hybridized carbons (Fsp3) is 0.364. The highest BCUT2D eigenvalue weighted by Crippen LogP contribution is 2.16. The van der Waals surface area contributed by atoms with E-state index in [1.165, 1.54) is 0 Å². The van der Waals surface area contributed by atoms with Gasteiger partial charge >= 0.3 is 0 Å². The Bertz CT molecular complexity index is 388. The third kappa shape index (κ3) is 2.31. The van der Waals surface area contributed by atoms with Gasteiger partial charge in [-0.15, -0.1) is 0 Å². The number of rotatable bonds is 2. The number of amides is 1. The van der Waals surface area contributed by atoms with E-state index in [-0.39, 0.29) is 5.91 Å². The van der Waals surface area contributed by atoms with Gasteiger partial charge in [0.1, 0.15) is 0 Å². The van der Waals surface area contributed by atoms with Gasteiger partial charge < -0.3 is 10.6 Å². The standard InChI is InChI=1S/C11H13IN2O/c1-7-3-2-4-9(10(7)12)11(15)14-8-5-13-6-8/h2-4,8,13H,5-6H2,1H3,(H,14,15). The van der Waals surface area contributed by atoms with Crippen molar-refractivity contribution in [1.29, 1.82) is 0 Å². The molecule has 0 radical (unpaired) electrons. The van der Waals surface area contributed by atoms with Crippen molar-refractivity contribution in [3.05, 3.63) is 32.9 Å². The number of carbonyl (C=O) groups excluding carboxylic acids is 1. The zero-order chi connectivity index (χ0) is 10.8. The Hall–Kier alpha value is -0.620. The van der Waals surface area contributed by atoms with Crippen LogP contribution in [0.4, 0.5) is 0 Å². The van der Waals surface area contributed by atoms with Crippen molar-refractivity contribution in [3.8, 4) is 0 Å². The normalized spacial score (nSPS) is 15.9. The molecule has 1 aliphatic heterocycles. The Morgan fingerprint density at radius 1 is 1.53 bits per heavy atom. The highest BCUT2D eigenvalue weighted by Gasteiger charge is 2.20. The molecule has 4 heteroatoms. The molecule has 1 aliphatic rings. The summed E-state index contributed by atoms with van der Waals surface area (Å²) in [4.78, 5) is 11.9. The summed E-state index contributed by atoms with van der Waals surface area (Å²) in [5.41, 5.74) is 1.93. The van der Waals surface area contributed by atoms with Crippen molar-refractivity contribution in [3.63, 3.8) is 0 Å². The summed E-state index contributed by atoms with van der Waals surface area (Å²) in [6.07, 6.45) is 0. The molecule has 80 valence electrons. The van der Waals surface area contributed by atoms with Crippen LogP contribution in [-0.2, 0) is 0 Å². The van der Waals surface area contributed by atoms with Crippen LogP contribution in [0.5, 0.6) is 0 Å². The fourth-order valence-corrected chi connectivity index (χ4v) is 2.08. The van der Waals surface area contributed by atoms with E-state index >= 15 is 0 Å². The lowest BCUT2D eigenvalue weighted by Gasteiger charge is -2.28. The molecule has 1 fully saturated rings. The Kier molecular flexibility index (Phi) is 3.25. The molecule has 1 saturated heterocycles. The van der Waals surface area contributed by atoms with Crippen LogP contribution in [-0.4, -0.2) is 25.0 Å². The maximum atomic E-state index is 11.9. The van der Waals surface area contributed by atoms with E-state index < -0.39 is 0 Å². The molecule has 1 amide bonds. The minimum absolute atomic E-state index is 0.0367. The van der Waals surface area contributed by atoms with Crippen LogP contribution < -0.4 is 10.6 Å². The van der Waals surface area contributed by atoms with Gasteiger partial charge in [0.25, 0.3) is 5.91 Å². The van der Waals surface area contributed by atoms with Gasteiger partial charge in [-0.3, -0.25) is 4.79 Å². The molecule has 15 heavy (non-hydrogen) atoms. The molecule has 3 nitrogen and oxygen atoms in total. The van der Waals surface area contributed by atoms with E-state index in [2.05, 4.69) is 33.2 Å². The highest BCUT2D eigenvalue weighted by molar-refractivity contribution is 14.1. The maximum absolute atomic E-state index is 11.9. The van der Waals surface area contributed by atoms with Crippen molar-refractivity contribution in [2.24, 2.45) is 0 Å². The quantitative estimate of drug-likeness (QED) is 0.808. The minimum atomic E-state index is 0.0367. The van der Waals surface area contributed by atoms with Crippen molar-refractivity contribution >= 4 is 28.5 Å². The maximum Gasteiger partial charge on any atom is 0.252 e. The van der Waals surface area contributed by atoms with Crippen molar-refractivity contribution in [2.45, 2.75) is 13.0 Å². The van der Waals surface area contributed by atoms with Crippen molar-refractivity contribution in [2.75, 3.05) is 13.1 Å². The largest absolute Gasteiger partial charge is 0.347 e. The number of nitrogens with one attached hydrogen (secondary N) is 2. The molecule has 1 aromatic carbocycles. The summed E-state index contributed by atoms with van der Waals surface area (Å²) >= 11 is 2.22. The Balaban J connectivity index is 2.13. The summed E-state index contributed by atoms with van der Waals surface area (Å²) in [5.74, 6) is 0.0367. The number of hydrogen-bond donors (Lipinski definition) is 2. The molecule has 1 aromatic rings. The summed E-state index contributed by atoms with van der Waals surface area (Å²) in [6, 6.07) is 6.11. The van der Waals surface area contributed by atoms with Gasteiger partial charge in [-0.2, -0.15) is 0 Å². The van der Waals surface area contributed by atoms with E-state index in [4.69, 9.17) is 0 Å². The Morgan fingerprint density at radius 3 is 2.87 bits per heavy atom. The van der Waals surface area contributed by atoms with Crippen LogP contribution >= 0.6 is 22.6 Å². The summed E-state index contributed by atoms with van der Waals surface area (Å²) in [7, 11) is 0. The molecular formula is C11H13IN2O. The molecule has 0 spiro atoms. The molecule has 0 unspecified atom stereocenters. The second-order valence-electron chi connectivity index (χ2n) is 3.77. The Morgan fingerprint density at radius 2 is 2.27 bits per heavy atom. The van der Waals surface area contributed by atoms with E-state index in [0.717, 1.165) is 27.8 Å². The zero-order valence-electron chi connectivity index (χ0n) is 8.51. The summed E-state index contributed by atoms with van der Waals surface area (Å²) in [5, 5.41) is 6.12. The Labute approximate surface area is 103 Å². The summed E-state index contributed by atoms with van der Waals surface area (Å²) in [6.45, 7) is 3.78. The first-order valence-corrected chi connectivity index (χ1v) is 6.03. The van der Waals surface area contributed by atoms with Gasteiger partial charge in [-0.1, -0.05) is 12.1 Å². The molecule has 0 aromatic heterocycles. The lowest BCUT2D eigenvalue weighted by molar-refractivity contribution is 0.0923. The van der Waals surface area contributed by atoms with Gasteiger partial charge in [-0.05, 0) is 41.1 Å². The average molecular weight is 316 g/mol. The van der Waals surface area contributed by atoms with Crippen LogP contribution in [0.3, 0.4) is 0 Å². The fourth-order valence-electron chi connectivity index (χ4n) is 1.48. The first-order valence-electron chi connectivity index (χ1n) is 4.95. The van der Waals surface area contributed by atoms with Crippen molar-refractivity contribution < 1.29 is 4.79 Å². The van der Waals surface area contributed by atoms with Gasteiger partial charge in [0.2, 0.25) is 0 Å². The molecular weight excluding hydrogens is 303 g/mol. The highest BCUT2D eigenvalue weighted by atomic mass is 127. The number of hydrogen-bond acceptors (Lipinski definition) is 2. The monoisotopic (exact) mass is 316 g/mol. The number of carbonyl (C=O) groups is 1. The van der Waals surface area contributed by atoms with Gasteiger partial charge in [0.05, 0.1) is 11.6 Å². The molecule has 0 aliphatic carbocycles. The second kappa shape index (κ2) is 4.49. The van der Waals surface area contributed by atoms with Crippen LogP contribution in [0.1, 0.15) is 15.9 Å². The third-order valence-electron chi connectivity index (χ3n) is 2.55. The predicted molar refractivity (Wildman–Crippen MR) is 68.0 cm³/mol. The van der Waals surface area contributed by atoms with E-state index in [0.29, 0.717) is 6.04 Å². The predicted octanol–water partition coefficient (Wildman–Crippen LogP) is 1.30. The van der Waals surface area contributed by atoms with E-state index in [1.54, 1.807) is 0 Å². The molecule has 1 heterocycles. The first kappa shape index (κ1) is 10.9. The van der Waals surface area contributed by atoms with E-state index in [9.17, 15) is 4.79 Å². The van der Waals surface area contributed by atoms with Gasteiger partial charge in [0, 0.05) is 16.7 Å². The summed E-state index contributed by atoms with van der Waals surface area (Å²) < 4.78 is 1.04. The second-order valence-corrected chi connectivity index (χ2v) is 4.84. The number of benzene rings is 1. The molecule has 2 rings (SSSR count). The van der Waals surface area contributed by atoms with Crippen molar-refractivity contribution in [1.82, 2.24) is 10.6 Å². The van der Waals surface area contributed by atoms with Crippen LogP contribution in [0, 0.1) is 10.5 Å². The SMILES string of the molecule is Cc1cccc(C(=O)NC2CNC2)c1I. The zero-order valence-corrected chi connectivity index (χ0v) is 10.7. The molecule has 0 bridgehead atoms. The first-order chi connectivity index (χ1) is 7.18. The third-order valence-corrected chi connectivity index (χ3v) is 3.98. The van der Waals surface area contributed by atoms with Crippen LogP contribution in [0.15, 0.2) is 18.2 Å². The van der Waals surface area contributed by atoms with Crippen LogP contribution in [0.25, 0.3) is 0 Å². The lowest BCUT2D eigenvalue weighted by Crippen LogP contribution is -2.57. The molecule has 2 N–H and O–H groups in total. The topological polar surface area (TPSA) is 41.1 Å². The van der Waals surface area contributed by atoms with E-state index in [1.807, 2.05) is 25.1 Å². The van der Waals surface area contributed by atoms with Gasteiger partial charge in [0.15, 0.2) is 0 Å². The number of halogens is 1. The van der Waals surface area contributed by atoms with Crippen LogP contribution in [0.2, 0.25) is 0 Å². The minimum Gasteiger partial charge on any atom is -0.347 e. The van der Waals surface area contributed by atoms with Gasteiger partial charge in [-0.25, -0.2) is 0 Å².